The van der Waals surface area contributed by atoms with Crippen LogP contribution in [0.25, 0.3) is 0 Å². The van der Waals surface area contributed by atoms with E-state index in [4.69, 9.17) is 24.1 Å². The number of aliphatic hydroxyl groups is 1. The molecule has 0 aromatic heterocycles. The van der Waals surface area contributed by atoms with Crippen molar-refractivity contribution in [3.05, 3.63) is 0 Å². The van der Waals surface area contributed by atoms with Crippen molar-refractivity contribution in [3.63, 3.8) is 0 Å². The normalized spacial score (nSPS) is 12.0. The maximum Gasteiger partial charge on any atom is 0.307 e. The molecule has 0 saturated carbocycles. The first-order chi connectivity index (χ1) is 5.74. The van der Waals surface area contributed by atoms with Crippen LogP contribution in [-0.4, -0.2) is 52.2 Å². The lowest BCUT2D eigenvalue weighted by Gasteiger charge is -2.28. The van der Waals surface area contributed by atoms with Gasteiger partial charge in [0, 0.05) is 21.3 Å². The molecule has 5 nitrogen and oxygen atoms in total. The van der Waals surface area contributed by atoms with Gasteiger partial charge >= 0.3 is 5.97 Å². The van der Waals surface area contributed by atoms with Gasteiger partial charge in [0.25, 0.3) is 0 Å². The zero-order valence-corrected chi connectivity index (χ0v) is 7.70. The average Bonchev–Trinajstić information content (AvgIpc) is 2.13. The smallest absolute Gasteiger partial charge is 0.307 e. The summed E-state index contributed by atoms with van der Waals surface area (Å²) in [6.45, 7) is 0.212. The number of ether oxygens (including phenoxy) is 4. The molecule has 1 N–H and O–H groups in total. The molecule has 0 unspecified atom stereocenters. The average molecular weight is 180 g/mol. The topological polar surface area (TPSA) is 57.2 Å². The van der Waals surface area contributed by atoms with Gasteiger partial charge in [0.05, 0.1) is 13.2 Å². The summed E-state index contributed by atoms with van der Waals surface area (Å²) in [5.41, 5.74) is 0. The Bertz CT molecular complexity index is 102. The van der Waals surface area contributed by atoms with Gasteiger partial charge in [0.15, 0.2) is 0 Å². The predicted molar refractivity (Wildman–Crippen MR) is 41.7 cm³/mol. The zero-order chi connectivity index (χ0) is 9.45. The van der Waals surface area contributed by atoms with Crippen LogP contribution in [0.3, 0.4) is 0 Å². The van der Waals surface area contributed by atoms with Gasteiger partial charge in [-0.2, -0.15) is 0 Å². The molecule has 0 aliphatic heterocycles. The van der Waals surface area contributed by atoms with Crippen LogP contribution in [0.2, 0.25) is 0 Å². The lowest BCUT2D eigenvalue weighted by atomic mass is 10.5. The minimum absolute atomic E-state index is 0.0851. The first kappa shape index (κ1) is 11.8. The molecule has 0 atom stereocenters. The molecule has 0 aliphatic carbocycles. The van der Waals surface area contributed by atoms with E-state index in [1.165, 1.54) is 21.3 Å². The van der Waals surface area contributed by atoms with Crippen LogP contribution in [0.4, 0.5) is 0 Å². The highest BCUT2D eigenvalue weighted by Crippen LogP contribution is 2.12. The number of aliphatic hydroxyl groups excluding tert-OH is 1. The van der Waals surface area contributed by atoms with E-state index in [0.29, 0.717) is 0 Å². The molecule has 0 radical (unpaired) electrons. The summed E-state index contributed by atoms with van der Waals surface area (Å²) >= 11 is 0. The molecule has 0 aliphatic rings. The van der Waals surface area contributed by atoms with E-state index in [-0.39, 0.29) is 19.8 Å². The standard InChI is InChI=1S/C7H16O5/c1-9-6-7(10-2,11-3)12-5-4-8/h8H,4-6H2,1-3H3. The maximum absolute atomic E-state index is 8.51. The molecule has 0 fully saturated rings. The van der Waals surface area contributed by atoms with Crippen LogP contribution in [-0.2, 0) is 18.9 Å². The van der Waals surface area contributed by atoms with Crippen molar-refractivity contribution in [3.8, 4) is 0 Å². The van der Waals surface area contributed by atoms with Crippen molar-refractivity contribution >= 4 is 0 Å². The fourth-order valence-corrected chi connectivity index (χ4v) is 0.739. The molecule has 12 heavy (non-hydrogen) atoms. The van der Waals surface area contributed by atoms with E-state index in [1.54, 1.807) is 0 Å². The van der Waals surface area contributed by atoms with Crippen molar-refractivity contribution in [1.82, 2.24) is 0 Å². The molecule has 0 aromatic rings. The highest BCUT2D eigenvalue weighted by molar-refractivity contribution is 4.53. The number of hydrogen-bond donors (Lipinski definition) is 1. The van der Waals surface area contributed by atoms with Gasteiger partial charge in [0.2, 0.25) is 0 Å². The first-order valence-electron chi connectivity index (χ1n) is 3.58. The summed E-state index contributed by atoms with van der Waals surface area (Å²) in [5, 5.41) is 8.51. The number of hydrogen-bond acceptors (Lipinski definition) is 5. The van der Waals surface area contributed by atoms with Gasteiger partial charge in [-0.05, 0) is 0 Å². The minimum Gasteiger partial charge on any atom is -0.394 e. The third-order valence-electron chi connectivity index (χ3n) is 1.36. The van der Waals surface area contributed by atoms with Crippen LogP contribution in [0.1, 0.15) is 0 Å². The monoisotopic (exact) mass is 180 g/mol. The summed E-state index contributed by atoms with van der Waals surface area (Å²) < 4.78 is 19.8. The molecular formula is C7H16O5. The summed E-state index contributed by atoms with van der Waals surface area (Å²) in [5.74, 6) is -1.20. The first-order valence-corrected chi connectivity index (χ1v) is 3.58. The summed E-state index contributed by atoms with van der Waals surface area (Å²) in [4.78, 5) is 0. The molecule has 0 amide bonds. The van der Waals surface area contributed by atoms with Crippen molar-refractivity contribution in [2.45, 2.75) is 5.97 Å². The van der Waals surface area contributed by atoms with Crippen LogP contribution < -0.4 is 0 Å². The van der Waals surface area contributed by atoms with Crippen molar-refractivity contribution in [2.24, 2.45) is 0 Å². The van der Waals surface area contributed by atoms with E-state index in [1.807, 2.05) is 0 Å². The highest BCUT2D eigenvalue weighted by atomic mass is 16.9. The Hall–Kier alpha value is -0.200. The Balaban J connectivity index is 3.95. The van der Waals surface area contributed by atoms with E-state index < -0.39 is 5.97 Å². The van der Waals surface area contributed by atoms with E-state index in [2.05, 4.69) is 0 Å². The lowest BCUT2D eigenvalue weighted by molar-refractivity contribution is -0.376. The molecule has 5 heteroatoms. The minimum atomic E-state index is -1.20. The quantitative estimate of drug-likeness (QED) is 0.540. The second kappa shape index (κ2) is 6.33. The molecule has 74 valence electrons. The van der Waals surface area contributed by atoms with Crippen LogP contribution in [0.15, 0.2) is 0 Å². The second-order valence-electron chi connectivity index (χ2n) is 2.10. The van der Waals surface area contributed by atoms with Gasteiger partial charge in [-0.25, -0.2) is 0 Å². The van der Waals surface area contributed by atoms with Crippen LogP contribution in [0.5, 0.6) is 0 Å². The van der Waals surface area contributed by atoms with Crippen molar-refractivity contribution in [2.75, 3.05) is 41.2 Å². The van der Waals surface area contributed by atoms with Gasteiger partial charge in [0.1, 0.15) is 6.61 Å². The van der Waals surface area contributed by atoms with Crippen LogP contribution in [0, 0.1) is 0 Å². The molecule has 0 aromatic carbocycles. The van der Waals surface area contributed by atoms with Gasteiger partial charge in [-0.1, -0.05) is 0 Å². The lowest BCUT2D eigenvalue weighted by Crippen LogP contribution is -2.42. The molecule has 0 bridgehead atoms. The fraction of sp³-hybridized carbons (Fsp3) is 1.00. The molecular weight excluding hydrogens is 164 g/mol. The van der Waals surface area contributed by atoms with E-state index in [9.17, 15) is 0 Å². The maximum atomic E-state index is 8.51. The SMILES string of the molecule is COCC(OC)(OC)OCCO. The molecule has 0 spiro atoms. The Labute approximate surface area is 72.2 Å². The number of methoxy groups -OCH3 is 3. The fourth-order valence-electron chi connectivity index (χ4n) is 0.739. The Morgan fingerprint density at radius 1 is 1.17 bits per heavy atom. The second-order valence-corrected chi connectivity index (χ2v) is 2.10. The summed E-state index contributed by atoms with van der Waals surface area (Å²) in [6, 6.07) is 0. The summed E-state index contributed by atoms with van der Waals surface area (Å²) in [7, 11) is 4.40. The third kappa shape index (κ3) is 3.46. The Morgan fingerprint density at radius 2 is 1.75 bits per heavy atom. The Morgan fingerprint density at radius 3 is 2.08 bits per heavy atom. The highest BCUT2D eigenvalue weighted by Gasteiger charge is 2.30. The number of rotatable bonds is 7. The molecule has 0 heterocycles. The van der Waals surface area contributed by atoms with Crippen molar-refractivity contribution < 1.29 is 24.1 Å². The van der Waals surface area contributed by atoms with Crippen molar-refractivity contribution in [1.29, 1.82) is 0 Å². The largest absolute Gasteiger partial charge is 0.394 e. The molecule has 0 saturated heterocycles. The zero-order valence-electron chi connectivity index (χ0n) is 7.70. The Kier molecular flexibility index (Phi) is 6.23. The third-order valence-corrected chi connectivity index (χ3v) is 1.36. The molecule has 0 rings (SSSR count). The van der Waals surface area contributed by atoms with E-state index in [0.717, 1.165) is 0 Å². The summed E-state index contributed by atoms with van der Waals surface area (Å²) in [6.07, 6.45) is 0. The van der Waals surface area contributed by atoms with Crippen LogP contribution >= 0.6 is 0 Å². The van der Waals surface area contributed by atoms with Gasteiger partial charge < -0.3 is 24.1 Å². The van der Waals surface area contributed by atoms with E-state index >= 15 is 0 Å². The predicted octanol–water partition coefficient (Wildman–Crippen LogP) is -0.412. The van der Waals surface area contributed by atoms with Gasteiger partial charge in [-0.3, -0.25) is 0 Å². The van der Waals surface area contributed by atoms with Gasteiger partial charge in [-0.15, -0.1) is 0 Å².